The lowest BCUT2D eigenvalue weighted by Gasteiger charge is -1.94. The first-order valence-corrected chi connectivity index (χ1v) is 3.68. The van der Waals surface area contributed by atoms with E-state index in [9.17, 15) is 0 Å². The molecule has 2 aromatic rings. The van der Waals surface area contributed by atoms with Crippen LogP contribution in [0.2, 0.25) is 0 Å². The Bertz CT molecular complexity index is 387. The van der Waals surface area contributed by atoms with E-state index >= 15 is 0 Å². The van der Waals surface area contributed by atoms with E-state index in [0.29, 0.717) is 0 Å². The second-order valence-corrected chi connectivity index (χ2v) is 2.79. The Hall–Kier alpha value is -1.31. The van der Waals surface area contributed by atoms with Crippen molar-refractivity contribution in [2.75, 3.05) is 0 Å². The summed E-state index contributed by atoms with van der Waals surface area (Å²) in [6, 6.07) is 2.00. The molecule has 0 saturated heterocycles. The zero-order valence-electron chi connectivity index (χ0n) is 6.68. The van der Waals surface area contributed by atoms with Gasteiger partial charge in [0.1, 0.15) is 0 Å². The molecule has 0 fully saturated rings. The van der Waals surface area contributed by atoms with Gasteiger partial charge in [-0.2, -0.15) is 0 Å². The lowest BCUT2D eigenvalue weighted by Crippen LogP contribution is -1.80. The van der Waals surface area contributed by atoms with Gasteiger partial charge in [0.05, 0.1) is 0 Å². The van der Waals surface area contributed by atoms with Crippen LogP contribution in [0.3, 0.4) is 0 Å². The second kappa shape index (κ2) is 2.09. The Morgan fingerprint density at radius 1 is 1.36 bits per heavy atom. The fraction of sp³-hybridized carbons (Fsp3) is 0.222. The molecule has 2 nitrogen and oxygen atoms in total. The molecule has 0 aliphatic heterocycles. The van der Waals surface area contributed by atoms with Crippen LogP contribution in [-0.2, 0) is 0 Å². The molecule has 56 valence electrons. The summed E-state index contributed by atoms with van der Waals surface area (Å²) in [6.07, 6.45) is 3.84. The minimum atomic E-state index is 1.10. The number of aryl methyl sites for hydroxylation is 2. The van der Waals surface area contributed by atoms with Gasteiger partial charge in [0.15, 0.2) is 0 Å². The third-order valence-electron chi connectivity index (χ3n) is 1.98. The Morgan fingerprint density at radius 3 is 2.91 bits per heavy atom. The molecule has 0 aliphatic carbocycles. The summed E-state index contributed by atoms with van der Waals surface area (Å²) >= 11 is 0. The largest absolute Gasteiger partial charge is 0.361 e. The van der Waals surface area contributed by atoms with Crippen molar-refractivity contribution in [3.8, 4) is 0 Å². The van der Waals surface area contributed by atoms with Crippen molar-refractivity contribution in [1.82, 2.24) is 9.97 Å². The van der Waals surface area contributed by atoms with E-state index in [0.717, 1.165) is 5.69 Å². The summed E-state index contributed by atoms with van der Waals surface area (Å²) in [5.41, 5.74) is 3.54. The SMILES string of the molecule is Cc1c[nH]c2ccnc(C)c12. The number of pyridine rings is 1. The summed E-state index contributed by atoms with van der Waals surface area (Å²) in [7, 11) is 0. The molecule has 0 unspecified atom stereocenters. The number of rotatable bonds is 0. The number of hydrogen-bond donors (Lipinski definition) is 1. The van der Waals surface area contributed by atoms with E-state index in [2.05, 4.69) is 16.9 Å². The number of nitrogens with one attached hydrogen (secondary N) is 1. The van der Waals surface area contributed by atoms with Gasteiger partial charge in [-0.1, -0.05) is 0 Å². The standard InChI is InChI=1S/C9H10N2/c1-6-5-11-8-3-4-10-7(2)9(6)8/h3-5,11H,1-2H3. The van der Waals surface area contributed by atoms with Crippen LogP contribution in [0, 0.1) is 13.8 Å². The lowest BCUT2D eigenvalue weighted by atomic mass is 10.2. The van der Waals surface area contributed by atoms with Gasteiger partial charge in [-0.25, -0.2) is 0 Å². The van der Waals surface area contributed by atoms with Crippen LogP contribution in [0.1, 0.15) is 11.3 Å². The third kappa shape index (κ3) is 0.827. The summed E-state index contributed by atoms with van der Waals surface area (Å²) < 4.78 is 0. The van der Waals surface area contributed by atoms with E-state index < -0.39 is 0 Å². The minimum absolute atomic E-state index is 1.10. The van der Waals surface area contributed by atoms with E-state index in [4.69, 9.17) is 0 Å². The van der Waals surface area contributed by atoms with Gasteiger partial charge in [0.25, 0.3) is 0 Å². The fourth-order valence-corrected chi connectivity index (χ4v) is 1.44. The molecule has 0 amide bonds. The number of H-pyrrole nitrogens is 1. The van der Waals surface area contributed by atoms with Crippen LogP contribution in [0.25, 0.3) is 10.9 Å². The molecule has 2 rings (SSSR count). The van der Waals surface area contributed by atoms with Crippen molar-refractivity contribution in [3.63, 3.8) is 0 Å². The summed E-state index contributed by atoms with van der Waals surface area (Å²) in [4.78, 5) is 7.41. The van der Waals surface area contributed by atoms with Crippen molar-refractivity contribution in [1.29, 1.82) is 0 Å². The van der Waals surface area contributed by atoms with Crippen LogP contribution in [-0.4, -0.2) is 9.97 Å². The molecule has 1 N–H and O–H groups in total. The molecule has 2 heteroatoms. The van der Waals surface area contributed by atoms with Crippen molar-refractivity contribution in [2.45, 2.75) is 13.8 Å². The highest BCUT2D eigenvalue weighted by Gasteiger charge is 2.01. The summed E-state index contributed by atoms with van der Waals surface area (Å²) in [5, 5.41) is 1.26. The van der Waals surface area contributed by atoms with Gasteiger partial charge in [0.2, 0.25) is 0 Å². The average molecular weight is 146 g/mol. The van der Waals surface area contributed by atoms with E-state index in [1.807, 2.05) is 25.4 Å². The van der Waals surface area contributed by atoms with E-state index in [1.165, 1.54) is 16.5 Å². The van der Waals surface area contributed by atoms with Crippen LogP contribution in [0.5, 0.6) is 0 Å². The number of aromatic amines is 1. The number of nitrogens with zero attached hydrogens (tertiary/aromatic N) is 1. The first-order valence-electron chi connectivity index (χ1n) is 3.68. The van der Waals surface area contributed by atoms with Crippen molar-refractivity contribution in [3.05, 3.63) is 29.7 Å². The normalized spacial score (nSPS) is 10.7. The van der Waals surface area contributed by atoms with Gasteiger partial charge in [0, 0.05) is 29.0 Å². The molecular formula is C9H10N2. The highest BCUT2D eigenvalue weighted by atomic mass is 14.7. The first-order chi connectivity index (χ1) is 5.29. The monoisotopic (exact) mass is 146 g/mol. The van der Waals surface area contributed by atoms with Gasteiger partial charge in [-0.05, 0) is 25.5 Å². The maximum absolute atomic E-state index is 4.22. The molecule has 0 atom stereocenters. The van der Waals surface area contributed by atoms with Crippen LogP contribution < -0.4 is 0 Å². The lowest BCUT2D eigenvalue weighted by molar-refractivity contribution is 1.23. The number of hydrogen-bond acceptors (Lipinski definition) is 1. The Labute approximate surface area is 65.3 Å². The van der Waals surface area contributed by atoms with Crippen LogP contribution >= 0.6 is 0 Å². The van der Waals surface area contributed by atoms with E-state index in [-0.39, 0.29) is 0 Å². The maximum Gasteiger partial charge on any atom is 0.0490 e. The summed E-state index contributed by atoms with van der Waals surface area (Å²) in [6.45, 7) is 4.12. The second-order valence-electron chi connectivity index (χ2n) is 2.79. The number of fused-ring (bicyclic) bond motifs is 1. The molecule has 0 aliphatic rings. The highest BCUT2D eigenvalue weighted by molar-refractivity contribution is 5.84. The van der Waals surface area contributed by atoms with Crippen LogP contribution in [0.15, 0.2) is 18.5 Å². The molecule has 0 bridgehead atoms. The average Bonchev–Trinajstić information content (AvgIpc) is 2.34. The van der Waals surface area contributed by atoms with Crippen molar-refractivity contribution < 1.29 is 0 Å². The molecule has 0 spiro atoms. The minimum Gasteiger partial charge on any atom is -0.361 e. The van der Waals surface area contributed by atoms with Crippen molar-refractivity contribution >= 4 is 10.9 Å². The quantitative estimate of drug-likeness (QED) is 0.606. The predicted molar refractivity (Wildman–Crippen MR) is 45.6 cm³/mol. The first kappa shape index (κ1) is 6.40. The topological polar surface area (TPSA) is 28.7 Å². The fourth-order valence-electron chi connectivity index (χ4n) is 1.44. The predicted octanol–water partition coefficient (Wildman–Crippen LogP) is 2.18. The van der Waals surface area contributed by atoms with Crippen molar-refractivity contribution in [2.24, 2.45) is 0 Å². The molecule has 0 radical (unpaired) electrons. The van der Waals surface area contributed by atoms with Gasteiger partial charge in [-0.3, -0.25) is 4.98 Å². The zero-order valence-corrected chi connectivity index (χ0v) is 6.68. The zero-order chi connectivity index (χ0) is 7.84. The molecular weight excluding hydrogens is 136 g/mol. The van der Waals surface area contributed by atoms with Crippen LogP contribution in [0.4, 0.5) is 0 Å². The maximum atomic E-state index is 4.22. The Morgan fingerprint density at radius 2 is 2.18 bits per heavy atom. The Kier molecular flexibility index (Phi) is 1.22. The molecule has 2 aromatic heterocycles. The molecule has 2 heterocycles. The van der Waals surface area contributed by atoms with Gasteiger partial charge in [-0.15, -0.1) is 0 Å². The Balaban J connectivity index is 2.96. The third-order valence-corrected chi connectivity index (χ3v) is 1.98. The van der Waals surface area contributed by atoms with E-state index in [1.54, 1.807) is 0 Å². The highest BCUT2D eigenvalue weighted by Crippen LogP contribution is 2.18. The number of aromatic nitrogens is 2. The molecule has 0 aromatic carbocycles. The molecule has 0 saturated carbocycles. The molecule has 11 heavy (non-hydrogen) atoms. The van der Waals surface area contributed by atoms with Gasteiger partial charge >= 0.3 is 0 Å². The summed E-state index contributed by atoms with van der Waals surface area (Å²) in [5.74, 6) is 0. The smallest absolute Gasteiger partial charge is 0.0490 e. The van der Waals surface area contributed by atoms with Gasteiger partial charge < -0.3 is 4.98 Å².